The average molecular weight is 379 g/mol. The molecule has 0 spiro atoms. The van der Waals surface area contributed by atoms with Gasteiger partial charge in [0.05, 0.1) is 0 Å². The summed E-state index contributed by atoms with van der Waals surface area (Å²) in [5.41, 5.74) is 1.13. The summed E-state index contributed by atoms with van der Waals surface area (Å²) in [7, 11) is 0. The summed E-state index contributed by atoms with van der Waals surface area (Å²) in [6.45, 7) is 6.80. The van der Waals surface area contributed by atoms with E-state index in [4.69, 9.17) is 4.74 Å². The third-order valence-electron chi connectivity index (χ3n) is 5.27. The third kappa shape index (κ3) is 4.75. The van der Waals surface area contributed by atoms with E-state index in [9.17, 15) is 4.79 Å². The van der Waals surface area contributed by atoms with Crippen LogP contribution in [-0.2, 0) is 16.0 Å². The minimum atomic E-state index is 0.0454. The van der Waals surface area contributed by atoms with Crippen molar-refractivity contribution in [2.75, 3.05) is 37.5 Å². The summed E-state index contributed by atoms with van der Waals surface area (Å²) in [6.07, 6.45) is 10.3. The molecule has 2 aliphatic rings. The van der Waals surface area contributed by atoms with Gasteiger partial charge in [0.15, 0.2) is 5.78 Å². The number of ether oxygens (including phenoxy) is 1. The molecule has 0 aromatic carbocycles. The Bertz CT molecular complexity index is 582. The van der Waals surface area contributed by atoms with Crippen molar-refractivity contribution in [3.8, 4) is 0 Å². The molecule has 0 saturated carbocycles. The van der Waals surface area contributed by atoms with E-state index in [-0.39, 0.29) is 18.3 Å². The number of nitrogens with zero attached hydrogens (tertiary/aromatic N) is 4. The minimum absolute atomic E-state index is 0.0454. The highest BCUT2D eigenvalue weighted by molar-refractivity contribution is 7.96. The highest BCUT2D eigenvalue weighted by Crippen LogP contribution is 2.34. The summed E-state index contributed by atoms with van der Waals surface area (Å²) >= 11 is 1.84. The molecule has 3 rings (SSSR count). The molecular formula is C19H30N4O2S. The number of piperazine rings is 1. The van der Waals surface area contributed by atoms with Crippen molar-refractivity contribution in [2.45, 2.75) is 51.6 Å². The quantitative estimate of drug-likeness (QED) is 0.483. The van der Waals surface area contributed by atoms with Crippen molar-refractivity contribution >= 4 is 23.7 Å². The summed E-state index contributed by atoms with van der Waals surface area (Å²) in [4.78, 5) is 23.2. The summed E-state index contributed by atoms with van der Waals surface area (Å²) in [5.74, 6) is 1.08. The lowest BCUT2D eigenvalue weighted by molar-refractivity contribution is -0.126. The van der Waals surface area contributed by atoms with Gasteiger partial charge in [0.2, 0.25) is 5.95 Å². The van der Waals surface area contributed by atoms with Crippen molar-refractivity contribution < 1.29 is 9.53 Å². The zero-order valence-electron chi connectivity index (χ0n) is 16.1. The number of carbonyl (C=O) groups is 1. The normalized spacial score (nSPS) is 23.0. The van der Waals surface area contributed by atoms with Gasteiger partial charge in [-0.1, -0.05) is 25.8 Å². The van der Waals surface area contributed by atoms with Gasteiger partial charge in [-0.3, -0.25) is 4.79 Å². The number of fused-ring (bicyclic) bond motifs is 2. The predicted molar refractivity (Wildman–Crippen MR) is 105 cm³/mol. The van der Waals surface area contributed by atoms with Crippen molar-refractivity contribution in [3.05, 3.63) is 18.0 Å². The number of anilines is 1. The molecule has 3 heterocycles. The summed E-state index contributed by atoms with van der Waals surface area (Å²) in [5, 5.41) is 0. The van der Waals surface area contributed by atoms with Crippen LogP contribution >= 0.6 is 11.9 Å². The lowest BCUT2D eigenvalue weighted by atomic mass is 10.1. The molecule has 0 N–H and O–H groups in total. The number of Topliss-reactive ketones (excluding diaryl/α,β-unsaturated/α-hetero) is 1. The zero-order valence-corrected chi connectivity index (χ0v) is 16.9. The first kappa shape index (κ1) is 19.6. The molecule has 26 heavy (non-hydrogen) atoms. The smallest absolute Gasteiger partial charge is 0.225 e. The van der Waals surface area contributed by atoms with Gasteiger partial charge in [-0.25, -0.2) is 14.3 Å². The SMILES string of the molecule is CSN1CC2CCC(C1)N2c1ncc(CCCOCC(=O)C(C)C)cn1. The lowest BCUT2D eigenvalue weighted by Gasteiger charge is -2.39. The molecule has 2 unspecified atom stereocenters. The van der Waals surface area contributed by atoms with Crippen LogP contribution in [0, 0.1) is 5.92 Å². The molecule has 1 aromatic rings. The van der Waals surface area contributed by atoms with Gasteiger partial charge in [0.25, 0.3) is 0 Å². The van der Waals surface area contributed by atoms with Crippen LogP contribution in [-0.4, -0.2) is 64.7 Å². The number of aromatic nitrogens is 2. The molecular weight excluding hydrogens is 348 g/mol. The van der Waals surface area contributed by atoms with Crippen LogP contribution in [0.1, 0.15) is 38.7 Å². The van der Waals surface area contributed by atoms with E-state index < -0.39 is 0 Å². The van der Waals surface area contributed by atoms with Crippen molar-refractivity contribution in [1.82, 2.24) is 14.3 Å². The predicted octanol–water partition coefficient (Wildman–Crippen LogP) is 2.58. The van der Waals surface area contributed by atoms with E-state index in [0.29, 0.717) is 18.7 Å². The van der Waals surface area contributed by atoms with Crippen LogP contribution < -0.4 is 4.90 Å². The largest absolute Gasteiger partial charge is 0.374 e. The number of hydrogen-bond donors (Lipinski definition) is 0. The third-order valence-corrected chi connectivity index (χ3v) is 6.09. The van der Waals surface area contributed by atoms with Crippen LogP contribution in [0.15, 0.2) is 12.4 Å². The second-order valence-electron chi connectivity index (χ2n) is 7.49. The molecule has 0 aliphatic carbocycles. The fourth-order valence-electron chi connectivity index (χ4n) is 3.67. The molecule has 144 valence electrons. The lowest BCUT2D eigenvalue weighted by Crippen LogP contribution is -2.52. The summed E-state index contributed by atoms with van der Waals surface area (Å²) < 4.78 is 7.90. The Morgan fingerprint density at radius 2 is 1.92 bits per heavy atom. The molecule has 2 aliphatic heterocycles. The van der Waals surface area contributed by atoms with Gasteiger partial charge in [-0.05, 0) is 37.5 Å². The number of hydrogen-bond acceptors (Lipinski definition) is 7. The Hall–Kier alpha value is -1.18. The molecule has 0 radical (unpaired) electrons. The molecule has 6 nitrogen and oxygen atoms in total. The Morgan fingerprint density at radius 3 is 2.50 bits per heavy atom. The number of ketones is 1. The number of carbonyl (C=O) groups excluding carboxylic acids is 1. The molecule has 2 atom stereocenters. The highest BCUT2D eigenvalue weighted by Gasteiger charge is 2.41. The van der Waals surface area contributed by atoms with E-state index in [0.717, 1.165) is 37.4 Å². The fourth-order valence-corrected chi connectivity index (χ4v) is 4.31. The van der Waals surface area contributed by atoms with Gasteiger partial charge in [-0.15, -0.1) is 0 Å². The second-order valence-corrected chi connectivity index (χ2v) is 8.37. The van der Waals surface area contributed by atoms with Gasteiger partial charge >= 0.3 is 0 Å². The van der Waals surface area contributed by atoms with Crippen LogP contribution in [0.25, 0.3) is 0 Å². The first-order valence-electron chi connectivity index (χ1n) is 9.57. The Kier molecular flexibility index (Phi) is 6.89. The second kappa shape index (κ2) is 9.15. The maximum atomic E-state index is 11.5. The average Bonchev–Trinajstić information content (AvgIpc) is 2.91. The maximum Gasteiger partial charge on any atom is 0.225 e. The van der Waals surface area contributed by atoms with Crippen LogP contribution in [0.4, 0.5) is 5.95 Å². The Morgan fingerprint density at radius 1 is 1.27 bits per heavy atom. The molecule has 0 amide bonds. The van der Waals surface area contributed by atoms with Crippen LogP contribution in [0.5, 0.6) is 0 Å². The van der Waals surface area contributed by atoms with Gasteiger partial charge in [0, 0.05) is 50.1 Å². The first-order valence-corrected chi connectivity index (χ1v) is 10.8. The van der Waals surface area contributed by atoms with Crippen LogP contribution in [0.3, 0.4) is 0 Å². The van der Waals surface area contributed by atoms with Crippen molar-refractivity contribution in [1.29, 1.82) is 0 Å². The fraction of sp³-hybridized carbons (Fsp3) is 0.737. The highest BCUT2D eigenvalue weighted by atomic mass is 32.2. The molecule has 7 heteroatoms. The standard InChI is InChI=1S/C19H30N4O2S/c1-14(2)18(24)13-25-8-4-5-15-9-20-19(21-10-15)23-16-6-7-17(23)12-22(11-16)26-3/h9-10,14,16-17H,4-8,11-13H2,1-3H3. The zero-order chi connectivity index (χ0) is 18.5. The van der Waals surface area contributed by atoms with E-state index in [1.165, 1.54) is 12.8 Å². The van der Waals surface area contributed by atoms with Gasteiger partial charge in [-0.2, -0.15) is 0 Å². The van der Waals surface area contributed by atoms with Gasteiger partial charge in [0.1, 0.15) is 6.61 Å². The molecule has 2 saturated heterocycles. The van der Waals surface area contributed by atoms with E-state index in [1.54, 1.807) is 0 Å². The topological polar surface area (TPSA) is 58.6 Å². The van der Waals surface area contributed by atoms with Crippen LogP contribution in [0.2, 0.25) is 0 Å². The maximum absolute atomic E-state index is 11.5. The number of aryl methyl sites for hydroxylation is 1. The molecule has 2 fully saturated rings. The molecule has 1 aromatic heterocycles. The molecule has 2 bridgehead atoms. The van der Waals surface area contributed by atoms with E-state index in [2.05, 4.69) is 25.4 Å². The van der Waals surface area contributed by atoms with E-state index in [1.807, 2.05) is 38.2 Å². The Labute approximate surface area is 160 Å². The first-order chi connectivity index (χ1) is 12.6. The van der Waals surface area contributed by atoms with Crippen molar-refractivity contribution in [2.24, 2.45) is 5.92 Å². The monoisotopic (exact) mass is 378 g/mol. The number of rotatable bonds is 9. The van der Waals surface area contributed by atoms with Gasteiger partial charge < -0.3 is 9.64 Å². The van der Waals surface area contributed by atoms with Crippen molar-refractivity contribution in [3.63, 3.8) is 0 Å². The van der Waals surface area contributed by atoms with E-state index >= 15 is 0 Å². The Balaban J connectivity index is 1.45. The summed E-state index contributed by atoms with van der Waals surface area (Å²) in [6, 6.07) is 1.08. The minimum Gasteiger partial charge on any atom is -0.374 e.